The average Bonchev–Trinajstić information content (AvgIpc) is 3.10. The van der Waals surface area contributed by atoms with Gasteiger partial charge in [-0.25, -0.2) is 4.90 Å². The molecule has 20 nitrogen and oxygen atoms in total. The van der Waals surface area contributed by atoms with Crippen molar-refractivity contribution in [2.45, 2.75) is 53.8 Å². The summed E-state index contributed by atoms with van der Waals surface area (Å²) < 4.78 is 5.23. The third kappa shape index (κ3) is 24.6. The number of methoxy groups -OCH3 is 1. The van der Waals surface area contributed by atoms with Gasteiger partial charge in [-0.05, 0) is 88.5 Å². The van der Waals surface area contributed by atoms with E-state index in [9.17, 15) is 14.7 Å². The zero-order valence-corrected chi connectivity index (χ0v) is 32.1. The van der Waals surface area contributed by atoms with Gasteiger partial charge in [-0.1, -0.05) is 24.3 Å². The Kier molecular flexibility index (Phi) is 26.5. The highest BCUT2D eigenvalue weighted by atomic mass is 16.5. The van der Waals surface area contributed by atoms with Crippen LogP contribution in [-0.2, 0) is 41.9 Å². The van der Waals surface area contributed by atoms with E-state index < -0.39 is 41.6 Å². The molecule has 0 aliphatic carbocycles. The molecule has 0 spiro atoms. The van der Waals surface area contributed by atoms with E-state index in [4.69, 9.17) is 44.3 Å². The highest BCUT2D eigenvalue weighted by molar-refractivity contribution is 6.10. The first kappa shape index (κ1) is 51.5. The van der Waals surface area contributed by atoms with E-state index in [1.165, 1.54) is 18.9 Å². The number of amides is 1. The summed E-state index contributed by atoms with van der Waals surface area (Å²) in [6, 6.07) is 17.6. The van der Waals surface area contributed by atoms with Gasteiger partial charge in [-0.2, -0.15) is 10.2 Å². The molecule has 20 heteroatoms. The van der Waals surface area contributed by atoms with Crippen LogP contribution in [0, 0.1) is 0 Å². The summed E-state index contributed by atoms with van der Waals surface area (Å²) in [5, 5.41) is 59.1. The molecule has 0 fully saturated rings. The van der Waals surface area contributed by atoms with Gasteiger partial charge in [0.25, 0.3) is 5.91 Å². The minimum Gasteiger partial charge on any atom is -0.858 e. The first-order valence-electron chi connectivity index (χ1n) is 16.5. The number of anilines is 1. The largest absolute Gasteiger partial charge is 0.858 e. The molecule has 0 saturated carbocycles. The van der Waals surface area contributed by atoms with Crippen LogP contribution in [0.15, 0.2) is 82.0 Å². The van der Waals surface area contributed by atoms with Crippen LogP contribution in [0.2, 0.25) is 0 Å². The summed E-state index contributed by atoms with van der Waals surface area (Å²) in [6.45, 7) is 7.83. The number of carbonyl (C=O) groups excluding carboxylic acids is 6. The summed E-state index contributed by atoms with van der Waals surface area (Å²) in [5.41, 5.74) is 15.5. The molecule has 0 heterocycles. The number of ketones is 1. The summed E-state index contributed by atoms with van der Waals surface area (Å²) in [4.78, 5) is 65.8. The van der Waals surface area contributed by atoms with Gasteiger partial charge >= 0.3 is 0 Å². The van der Waals surface area contributed by atoms with E-state index in [0.717, 1.165) is 58.7 Å². The van der Waals surface area contributed by atoms with Crippen molar-refractivity contribution in [3.05, 3.63) is 83.4 Å². The molecule has 11 N–H and O–H groups in total. The van der Waals surface area contributed by atoms with Gasteiger partial charge in [-0.3, -0.25) is 14.6 Å². The molecule has 0 saturated heterocycles. The predicted octanol–water partition coefficient (Wildman–Crippen LogP) is -6.64. The van der Waals surface area contributed by atoms with Crippen LogP contribution < -0.4 is 57.7 Å². The van der Waals surface area contributed by atoms with Crippen molar-refractivity contribution in [3.63, 3.8) is 0 Å². The Bertz CT molecular complexity index is 1720. The second-order valence-corrected chi connectivity index (χ2v) is 11.0. The van der Waals surface area contributed by atoms with Crippen molar-refractivity contribution in [2.24, 2.45) is 15.2 Å². The molecule has 3 rings (SSSR count). The summed E-state index contributed by atoms with van der Waals surface area (Å²) in [5.74, 6) is -5.34. The third-order valence-corrected chi connectivity index (χ3v) is 6.20. The number of para-hydroxylation sites is 2. The molecule has 0 aliphatic rings. The second-order valence-electron chi connectivity index (χ2n) is 11.0. The molecule has 1 atom stereocenters. The molecule has 56 heavy (non-hydrogen) atoms. The molecule has 0 radical (unpaired) electrons. The number of nitrogens with zero attached hydrogens (tertiary/aromatic N) is 3. The van der Waals surface area contributed by atoms with E-state index in [2.05, 4.69) is 37.7 Å². The molecule has 3 aromatic rings. The number of nitrogens with one attached hydrogen (secondary N) is 2. The molecular weight excluding hydrogens is 736 g/mol. The minimum absolute atomic E-state index is 0.372. The van der Waals surface area contributed by atoms with Crippen molar-refractivity contribution in [3.8, 4) is 5.75 Å². The predicted molar refractivity (Wildman–Crippen MR) is 189 cm³/mol. The van der Waals surface area contributed by atoms with Gasteiger partial charge in [-0.15, -0.1) is 0 Å². The van der Waals surface area contributed by atoms with Crippen molar-refractivity contribution in [1.29, 1.82) is 0 Å². The first-order chi connectivity index (χ1) is 26.2. The van der Waals surface area contributed by atoms with Crippen molar-refractivity contribution >= 4 is 58.5 Å². The number of aliphatic carboxylic acids is 4. The number of Topliss-reactive ketones (excluding diaryl/α,β-unsaturated/α-hetero) is 1. The Hall–Kier alpha value is -6.61. The SMILES string of the molecule is CC(=O)[O-].CC(=O)[O-].CC(=O)[O-].CC(=O)[O-].COc1ccccc1NC(=O)C(N=Nc1ccc(N=C([O-])c2ccc(C[NH+](C[NH3+])C[NH3+])cc2C[NH3+])cc1)C(C)=O. The topological polar surface area (TPSA) is 363 Å². The maximum absolute atomic E-state index is 12.9. The van der Waals surface area contributed by atoms with E-state index in [1.807, 2.05) is 12.1 Å². The lowest BCUT2D eigenvalue weighted by molar-refractivity contribution is -1.02. The lowest BCUT2D eigenvalue weighted by Gasteiger charge is -2.16. The highest BCUT2D eigenvalue weighted by Crippen LogP contribution is 2.24. The summed E-state index contributed by atoms with van der Waals surface area (Å²) in [7, 11) is 1.48. The number of aliphatic imine (C=N–C) groups is 1. The number of benzene rings is 3. The normalized spacial score (nSPS) is 10.7. The van der Waals surface area contributed by atoms with Gasteiger partial charge in [0, 0.05) is 35.0 Å². The maximum atomic E-state index is 12.9. The van der Waals surface area contributed by atoms with E-state index in [0.29, 0.717) is 34.9 Å². The van der Waals surface area contributed by atoms with Gasteiger partial charge in [0.1, 0.15) is 18.8 Å². The van der Waals surface area contributed by atoms with Crippen LogP contribution in [-0.4, -0.2) is 68.0 Å². The van der Waals surface area contributed by atoms with Gasteiger partial charge in [0.15, 0.2) is 5.78 Å². The smallest absolute Gasteiger partial charge is 0.258 e. The monoisotopic (exact) mass is 785 g/mol. The fraction of sp³-hybridized carbons (Fsp3) is 0.306. The number of quaternary nitrogens is 4. The summed E-state index contributed by atoms with van der Waals surface area (Å²) in [6.07, 6.45) is 0. The molecule has 306 valence electrons. The van der Waals surface area contributed by atoms with Crippen LogP contribution in [0.3, 0.4) is 0 Å². The fourth-order valence-electron chi connectivity index (χ4n) is 3.93. The Balaban J connectivity index is 0. The van der Waals surface area contributed by atoms with Crippen molar-refractivity contribution in [2.75, 3.05) is 25.8 Å². The third-order valence-electron chi connectivity index (χ3n) is 6.20. The number of ether oxygens (including phenoxy) is 1. The number of hydrogen-bond acceptors (Lipinski definition) is 15. The van der Waals surface area contributed by atoms with E-state index >= 15 is 0 Å². The first-order valence-corrected chi connectivity index (χ1v) is 16.5. The number of carboxylic acids is 4. The Morgan fingerprint density at radius 1 is 0.732 bits per heavy atom. The lowest BCUT2D eigenvalue weighted by atomic mass is 10.0. The lowest BCUT2D eigenvalue weighted by Crippen LogP contribution is -3.21. The zero-order valence-electron chi connectivity index (χ0n) is 32.1. The van der Waals surface area contributed by atoms with Crippen molar-refractivity contribution < 1.29 is 81.1 Å². The van der Waals surface area contributed by atoms with Crippen LogP contribution in [0.5, 0.6) is 5.75 Å². The highest BCUT2D eigenvalue weighted by Gasteiger charge is 2.24. The van der Waals surface area contributed by atoms with Crippen LogP contribution in [0.4, 0.5) is 17.1 Å². The average molecular weight is 786 g/mol. The minimum atomic E-state index is -1.34. The molecule has 1 amide bonds. The second kappa shape index (κ2) is 28.8. The van der Waals surface area contributed by atoms with Gasteiger partial charge < -0.3 is 72.0 Å². The summed E-state index contributed by atoms with van der Waals surface area (Å²) >= 11 is 0. The number of rotatable bonds is 13. The Labute approximate surface area is 323 Å². The van der Waals surface area contributed by atoms with Crippen LogP contribution in [0.1, 0.15) is 51.3 Å². The van der Waals surface area contributed by atoms with Crippen LogP contribution >= 0.6 is 0 Å². The quantitative estimate of drug-likeness (QED) is 0.0355. The number of azo groups is 1. The molecule has 0 bridgehead atoms. The maximum Gasteiger partial charge on any atom is 0.258 e. The van der Waals surface area contributed by atoms with E-state index in [1.54, 1.807) is 54.6 Å². The molecule has 0 aliphatic heterocycles. The number of carbonyl (C=O) groups is 6. The van der Waals surface area contributed by atoms with Gasteiger partial charge in [0.2, 0.25) is 19.4 Å². The number of hydrogen-bond donors (Lipinski definition) is 5. The van der Waals surface area contributed by atoms with Crippen LogP contribution in [0.25, 0.3) is 0 Å². The Morgan fingerprint density at radius 3 is 1.66 bits per heavy atom. The van der Waals surface area contributed by atoms with E-state index in [-0.39, 0.29) is 5.90 Å². The molecule has 0 aromatic heterocycles. The molecule has 3 aromatic carbocycles. The zero-order chi connectivity index (χ0) is 43.4. The molecular formula is C36H49N8O12-. The Morgan fingerprint density at radius 2 is 1.21 bits per heavy atom. The van der Waals surface area contributed by atoms with Gasteiger partial charge in [0.05, 0.1) is 24.2 Å². The number of carboxylic acid groups (broad SMARTS) is 4. The van der Waals surface area contributed by atoms with Crippen molar-refractivity contribution in [1.82, 2.24) is 0 Å². The molecule has 1 unspecified atom stereocenters. The fourth-order valence-corrected chi connectivity index (χ4v) is 3.93. The standard InChI is InChI=1S/C28H34N8O4.4C2H4O2/c1-18(37)26(28(39)33-24-5-3-4-6-25(24)40-2)35-34-22-10-8-21(9-11-22)32-27(38)23-12-7-19(13-20(23)14-29)15-36(16-30)17-31;4*1-2(3)4/h3-13,26H,14-17,29-31H2,1-2H3,(H,32,38)(H,33,39);4*1H3,(H,3,4)/p-1.